The Morgan fingerprint density at radius 2 is 1.14 bits per heavy atom. The van der Waals surface area contributed by atoms with Crippen LogP contribution in [-0.2, 0) is 10.8 Å². The minimum absolute atomic E-state index is 0.0323. The minimum atomic E-state index is -0.147. The van der Waals surface area contributed by atoms with E-state index < -0.39 is 0 Å². The summed E-state index contributed by atoms with van der Waals surface area (Å²) in [7, 11) is 0. The molecule has 0 nitrogen and oxygen atoms in total. The Morgan fingerprint density at radius 3 is 1.57 bits per heavy atom. The Balaban J connectivity index is 2.39. The number of hydrogen-bond acceptors (Lipinski definition) is 0. The van der Waals surface area contributed by atoms with Gasteiger partial charge in [0.25, 0.3) is 0 Å². The molecule has 0 radical (unpaired) electrons. The van der Waals surface area contributed by atoms with Crippen LogP contribution in [0.4, 0.5) is 4.39 Å². The minimum Gasteiger partial charge on any atom is -0.206 e. The van der Waals surface area contributed by atoms with Crippen molar-refractivity contribution in [3.05, 3.63) is 59.4 Å². The van der Waals surface area contributed by atoms with Crippen molar-refractivity contribution in [3.8, 4) is 11.1 Å². The van der Waals surface area contributed by atoms with Crippen LogP contribution in [-0.4, -0.2) is 0 Å². The molecule has 0 aliphatic rings. The lowest BCUT2D eigenvalue weighted by Crippen LogP contribution is -2.11. The molecule has 0 spiro atoms. The van der Waals surface area contributed by atoms with Crippen molar-refractivity contribution in [2.75, 3.05) is 0 Å². The van der Waals surface area contributed by atoms with E-state index >= 15 is 0 Å². The molecule has 0 aliphatic carbocycles. The molecule has 0 N–H and O–H groups in total. The predicted octanol–water partition coefficient (Wildman–Crippen LogP) is 6.09. The van der Waals surface area contributed by atoms with E-state index in [0.717, 1.165) is 11.1 Å². The maximum atomic E-state index is 14.4. The van der Waals surface area contributed by atoms with E-state index in [9.17, 15) is 4.39 Å². The van der Waals surface area contributed by atoms with Crippen LogP contribution in [0, 0.1) is 5.82 Å². The van der Waals surface area contributed by atoms with Gasteiger partial charge in [-0.25, -0.2) is 4.39 Å². The van der Waals surface area contributed by atoms with Gasteiger partial charge in [0.2, 0.25) is 0 Å². The Bertz CT molecular complexity index is 622. The van der Waals surface area contributed by atoms with E-state index in [1.54, 1.807) is 6.07 Å². The van der Waals surface area contributed by atoms with Gasteiger partial charge in [0.1, 0.15) is 5.82 Å². The average molecular weight is 284 g/mol. The van der Waals surface area contributed by atoms with Gasteiger partial charge in [-0.2, -0.15) is 0 Å². The van der Waals surface area contributed by atoms with E-state index in [4.69, 9.17) is 0 Å². The first-order chi connectivity index (χ1) is 9.59. The smallest absolute Gasteiger partial charge is 0.131 e. The van der Waals surface area contributed by atoms with Crippen LogP contribution in [0.3, 0.4) is 0 Å². The van der Waals surface area contributed by atoms with Crippen LogP contribution in [0.25, 0.3) is 11.1 Å². The second kappa shape index (κ2) is 5.29. The van der Waals surface area contributed by atoms with Gasteiger partial charge in [0.15, 0.2) is 0 Å². The van der Waals surface area contributed by atoms with E-state index in [0.29, 0.717) is 5.56 Å². The lowest BCUT2D eigenvalue weighted by molar-refractivity contribution is 0.573. The lowest BCUT2D eigenvalue weighted by Gasteiger charge is -2.21. The van der Waals surface area contributed by atoms with Crippen LogP contribution in [0.2, 0.25) is 0 Å². The zero-order valence-electron chi connectivity index (χ0n) is 13.9. The van der Waals surface area contributed by atoms with Crippen molar-refractivity contribution in [2.24, 2.45) is 0 Å². The summed E-state index contributed by atoms with van der Waals surface area (Å²) in [5.74, 6) is -0.147. The molecular formula is C20H25F. The van der Waals surface area contributed by atoms with Gasteiger partial charge in [-0.05, 0) is 33.6 Å². The fourth-order valence-corrected chi connectivity index (χ4v) is 2.37. The fraction of sp³-hybridized carbons (Fsp3) is 0.400. The number of benzene rings is 2. The standard InChI is InChI=1S/C20H25F/c1-19(2,3)15-9-7-14(8-10-15)17-12-11-16(13-18(17)21)20(4,5)6/h7-13H,1-6H3. The molecule has 2 aromatic rings. The highest BCUT2D eigenvalue weighted by Gasteiger charge is 2.17. The Kier molecular flexibility index (Phi) is 3.97. The topological polar surface area (TPSA) is 0 Å². The predicted molar refractivity (Wildman–Crippen MR) is 89.2 cm³/mol. The maximum Gasteiger partial charge on any atom is 0.131 e. The number of halogens is 1. The van der Waals surface area contributed by atoms with Crippen molar-refractivity contribution in [2.45, 2.75) is 52.4 Å². The van der Waals surface area contributed by atoms with E-state index in [1.165, 1.54) is 5.56 Å². The summed E-state index contributed by atoms with van der Waals surface area (Å²) in [5, 5.41) is 0. The molecule has 0 fully saturated rings. The molecule has 0 aliphatic heterocycles. The molecule has 2 rings (SSSR count). The van der Waals surface area contributed by atoms with Crippen LogP contribution in [0.15, 0.2) is 42.5 Å². The number of hydrogen-bond donors (Lipinski definition) is 0. The maximum absolute atomic E-state index is 14.4. The number of rotatable bonds is 1. The van der Waals surface area contributed by atoms with Gasteiger partial charge in [0.05, 0.1) is 0 Å². The molecule has 1 heteroatoms. The molecule has 21 heavy (non-hydrogen) atoms. The summed E-state index contributed by atoms with van der Waals surface area (Å²) in [6.45, 7) is 12.8. The summed E-state index contributed by atoms with van der Waals surface area (Å²) in [5.41, 5.74) is 3.97. The lowest BCUT2D eigenvalue weighted by atomic mass is 9.85. The van der Waals surface area contributed by atoms with Crippen molar-refractivity contribution >= 4 is 0 Å². The van der Waals surface area contributed by atoms with E-state index in [-0.39, 0.29) is 16.6 Å². The zero-order chi connectivity index (χ0) is 15.8. The third-order valence-electron chi connectivity index (χ3n) is 3.90. The van der Waals surface area contributed by atoms with Gasteiger partial charge in [-0.3, -0.25) is 0 Å². The Hall–Kier alpha value is -1.63. The molecule has 0 heterocycles. The first-order valence-corrected chi connectivity index (χ1v) is 7.50. The first-order valence-electron chi connectivity index (χ1n) is 7.50. The Labute approximate surface area is 128 Å². The summed E-state index contributed by atoms with van der Waals surface area (Å²) in [6, 6.07) is 13.8. The molecule has 0 aromatic heterocycles. The molecule has 0 saturated carbocycles. The SMILES string of the molecule is CC(C)(C)c1ccc(-c2ccc(C(C)(C)C)cc2F)cc1. The largest absolute Gasteiger partial charge is 0.206 e. The van der Waals surface area contributed by atoms with Crippen molar-refractivity contribution in [1.29, 1.82) is 0 Å². The highest BCUT2D eigenvalue weighted by Crippen LogP contribution is 2.30. The van der Waals surface area contributed by atoms with E-state index in [1.807, 2.05) is 24.3 Å². The molecule has 0 unspecified atom stereocenters. The third kappa shape index (κ3) is 3.53. The average Bonchev–Trinajstić information content (AvgIpc) is 2.36. The quantitative estimate of drug-likeness (QED) is 0.594. The molecule has 0 bridgehead atoms. The molecule has 2 aromatic carbocycles. The molecule has 0 atom stereocenters. The van der Waals surface area contributed by atoms with Crippen LogP contribution in [0.5, 0.6) is 0 Å². The summed E-state index contributed by atoms with van der Waals surface area (Å²) in [6.07, 6.45) is 0. The monoisotopic (exact) mass is 284 g/mol. The van der Waals surface area contributed by atoms with Gasteiger partial charge in [-0.1, -0.05) is 77.9 Å². The van der Waals surface area contributed by atoms with Crippen LogP contribution >= 0.6 is 0 Å². The molecule has 0 saturated heterocycles. The highest BCUT2D eigenvalue weighted by atomic mass is 19.1. The molecular weight excluding hydrogens is 259 g/mol. The van der Waals surface area contributed by atoms with Gasteiger partial charge >= 0.3 is 0 Å². The zero-order valence-corrected chi connectivity index (χ0v) is 13.9. The van der Waals surface area contributed by atoms with Gasteiger partial charge in [-0.15, -0.1) is 0 Å². The summed E-state index contributed by atoms with van der Waals surface area (Å²) >= 11 is 0. The van der Waals surface area contributed by atoms with Crippen LogP contribution < -0.4 is 0 Å². The van der Waals surface area contributed by atoms with Crippen LogP contribution in [0.1, 0.15) is 52.7 Å². The summed E-state index contributed by atoms with van der Waals surface area (Å²) < 4.78 is 14.4. The fourth-order valence-electron chi connectivity index (χ4n) is 2.37. The van der Waals surface area contributed by atoms with Gasteiger partial charge in [0, 0.05) is 5.56 Å². The second-order valence-corrected chi connectivity index (χ2v) is 7.77. The molecule has 0 amide bonds. The normalized spacial score (nSPS) is 12.5. The third-order valence-corrected chi connectivity index (χ3v) is 3.90. The van der Waals surface area contributed by atoms with Crippen molar-refractivity contribution in [1.82, 2.24) is 0 Å². The first kappa shape index (κ1) is 15.8. The summed E-state index contributed by atoms with van der Waals surface area (Å²) in [4.78, 5) is 0. The molecule has 112 valence electrons. The van der Waals surface area contributed by atoms with Crippen molar-refractivity contribution < 1.29 is 4.39 Å². The van der Waals surface area contributed by atoms with Crippen molar-refractivity contribution in [3.63, 3.8) is 0 Å². The van der Waals surface area contributed by atoms with E-state index in [2.05, 4.69) is 53.7 Å². The second-order valence-electron chi connectivity index (χ2n) is 7.77. The Morgan fingerprint density at radius 1 is 0.667 bits per heavy atom. The van der Waals surface area contributed by atoms with Gasteiger partial charge < -0.3 is 0 Å². The highest BCUT2D eigenvalue weighted by molar-refractivity contribution is 5.65.